The minimum absolute atomic E-state index is 0.309. The van der Waals surface area contributed by atoms with E-state index < -0.39 is 0 Å². The molecule has 138 valence electrons. The standard InChI is InChI=1S/C19H25N5O2/c1-2-12-9-14(26-13-4-7-25-8-5-13)10-15(12)19-23-22-17-11-21-18-16(24(17)19)3-6-20-18/h3,6,11-15,20H,2,4-5,7-10H2,1H3. The van der Waals surface area contributed by atoms with E-state index in [0.29, 0.717) is 24.0 Å². The van der Waals surface area contributed by atoms with Gasteiger partial charge in [-0.3, -0.25) is 4.40 Å². The van der Waals surface area contributed by atoms with Crippen molar-refractivity contribution in [3.63, 3.8) is 0 Å². The number of aromatic amines is 1. The van der Waals surface area contributed by atoms with E-state index in [-0.39, 0.29) is 0 Å². The molecule has 3 aromatic heterocycles. The number of H-pyrrole nitrogens is 1. The second kappa shape index (κ2) is 6.63. The van der Waals surface area contributed by atoms with E-state index in [9.17, 15) is 0 Å². The maximum absolute atomic E-state index is 6.44. The number of nitrogens with one attached hydrogen (secondary N) is 1. The van der Waals surface area contributed by atoms with Crippen molar-refractivity contribution in [1.29, 1.82) is 0 Å². The van der Waals surface area contributed by atoms with Crippen LogP contribution in [-0.2, 0) is 9.47 Å². The molecule has 0 radical (unpaired) electrons. The molecular weight excluding hydrogens is 330 g/mol. The summed E-state index contributed by atoms with van der Waals surface area (Å²) in [6.07, 6.45) is 9.66. The Hall–Kier alpha value is -1.99. The SMILES string of the molecule is CCC1CC(OC2CCOCC2)CC1c1nnc2cnc3[nH]ccc3n12. The molecule has 0 amide bonds. The molecule has 3 aromatic rings. The Morgan fingerprint density at radius 3 is 2.96 bits per heavy atom. The third-order valence-corrected chi connectivity index (χ3v) is 6.03. The van der Waals surface area contributed by atoms with E-state index in [1.165, 1.54) is 0 Å². The first-order chi connectivity index (χ1) is 12.8. The van der Waals surface area contributed by atoms with E-state index in [1.54, 1.807) is 6.20 Å². The molecule has 7 heteroatoms. The lowest BCUT2D eigenvalue weighted by molar-refractivity contribution is -0.0668. The zero-order chi connectivity index (χ0) is 17.5. The van der Waals surface area contributed by atoms with Crippen LogP contribution in [-0.4, -0.2) is 50.0 Å². The first kappa shape index (κ1) is 16.2. The van der Waals surface area contributed by atoms with Gasteiger partial charge in [0.1, 0.15) is 5.82 Å². The van der Waals surface area contributed by atoms with Gasteiger partial charge in [0.25, 0.3) is 0 Å². The molecular formula is C19H25N5O2. The van der Waals surface area contributed by atoms with Crippen molar-refractivity contribution in [3.8, 4) is 0 Å². The van der Waals surface area contributed by atoms with Crippen LogP contribution in [0, 0.1) is 5.92 Å². The summed E-state index contributed by atoms with van der Waals surface area (Å²) in [7, 11) is 0. The third kappa shape index (κ3) is 2.70. The molecule has 7 nitrogen and oxygen atoms in total. The van der Waals surface area contributed by atoms with Gasteiger partial charge in [0.2, 0.25) is 0 Å². The fourth-order valence-electron chi connectivity index (χ4n) is 4.67. The predicted molar refractivity (Wildman–Crippen MR) is 97.1 cm³/mol. The zero-order valence-electron chi connectivity index (χ0n) is 15.1. The van der Waals surface area contributed by atoms with E-state index >= 15 is 0 Å². The Morgan fingerprint density at radius 1 is 1.23 bits per heavy atom. The molecule has 1 saturated heterocycles. The lowest BCUT2D eigenvalue weighted by Crippen LogP contribution is -2.27. The number of hydrogen-bond acceptors (Lipinski definition) is 5. The van der Waals surface area contributed by atoms with Gasteiger partial charge in [-0.15, -0.1) is 10.2 Å². The number of hydrogen-bond donors (Lipinski definition) is 1. The van der Waals surface area contributed by atoms with Crippen LogP contribution in [0.2, 0.25) is 0 Å². The first-order valence-corrected chi connectivity index (χ1v) is 9.73. The maximum Gasteiger partial charge on any atom is 0.179 e. The Labute approximate surface area is 152 Å². The fraction of sp³-hybridized carbons (Fsp3) is 0.632. The molecule has 0 aromatic carbocycles. The molecule has 3 unspecified atom stereocenters. The summed E-state index contributed by atoms with van der Waals surface area (Å²) >= 11 is 0. The minimum Gasteiger partial charge on any atom is -0.381 e. The number of fused-ring (bicyclic) bond motifs is 3. The Morgan fingerprint density at radius 2 is 2.12 bits per heavy atom. The summed E-state index contributed by atoms with van der Waals surface area (Å²) in [6.45, 7) is 3.92. The van der Waals surface area contributed by atoms with E-state index in [0.717, 1.165) is 68.0 Å². The monoisotopic (exact) mass is 355 g/mol. The molecule has 1 aliphatic carbocycles. The highest BCUT2D eigenvalue weighted by Crippen LogP contribution is 2.43. The van der Waals surface area contributed by atoms with Crippen LogP contribution in [0.15, 0.2) is 18.5 Å². The largest absolute Gasteiger partial charge is 0.381 e. The summed E-state index contributed by atoms with van der Waals surface area (Å²) in [5, 5.41) is 8.95. The highest BCUT2D eigenvalue weighted by atomic mass is 16.5. The summed E-state index contributed by atoms with van der Waals surface area (Å²) in [4.78, 5) is 7.61. The summed E-state index contributed by atoms with van der Waals surface area (Å²) in [6, 6.07) is 2.05. The first-order valence-electron chi connectivity index (χ1n) is 9.73. The number of rotatable bonds is 4. The Kier molecular flexibility index (Phi) is 4.13. The van der Waals surface area contributed by atoms with Gasteiger partial charge in [-0.2, -0.15) is 0 Å². The molecule has 2 aliphatic rings. The van der Waals surface area contributed by atoms with Gasteiger partial charge in [0, 0.05) is 25.3 Å². The highest BCUT2D eigenvalue weighted by Gasteiger charge is 2.38. The van der Waals surface area contributed by atoms with E-state index in [2.05, 4.69) is 31.5 Å². The minimum atomic E-state index is 0.309. The molecule has 1 aliphatic heterocycles. The molecule has 0 spiro atoms. The average Bonchev–Trinajstić information content (AvgIpc) is 3.39. The van der Waals surface area contributed by atoms with Crippen LogP contribution in [0.4, 0.5) is 0 Å². The maximum atomic E-state index is 6.44. The van der Waals surface area contributed by atoms with Crippen LogP contribution in [0.1, 0.15) is 50.8 Å². The van der Waals surface area contributed by atoms with Crippen molar-refractivity contribution in [2.75, 3.05) is 13.2 Å². The predicted octanol–water partition coefficient (Wildman–Crippen LogP) is 3.07. The lowest BCUT2D eigenvalue weighted by Gasteiger charge is -2.25. The number of nitrogens with zero attached hydrogens (tertiary/aromatic N) is 4. The summed E-state index contributed by atoms with van der Waals surface area (Å²) in [5.41, 5.74) is 2.74. The summed E-state index contributed by atoms with van der Waals surface area (Å²) in [5.74, 6) is 2.01. The summed E-state index contributed by atoms with van der Waals surface area (Å²) < 4.78 is 14.1. The van der Waals surface area contributed by atoms with Gasteiger partial charge >= 0.3 is 0 Å². The van der Waals surface area contributed by atoms with Gasteiger partial charge in [-0.25, -0.2) is 4.98 Å². The normalized spacial score (nSPS) is 27.7. The molecule has 4 heterocycles. The topological polar surface area (TPSA) is 77.3 Å². The van der Waals surface area contributed by atoms with Gasteiger partial charge < -0.3 is 14.5 Å². The van der Waals surface area contributed by atoms with Crippen molar-refractivity contribution < 1.29 is 9.47 Å². The second-order valence-corrected chi connectivity index (χ2v) is 7.54. The van der Waals surface area contributed by atoms with Crippen LogP contribution < -0.4 is 0 Å². The van der Waals surface area contributed by atoms with E-state index in [1.807, 2.05) is 12.3 Å². The average molecular weight is 355 g/mol. The molecule has 26 heavy (non-hydrogen) atoms. The molecule has 5 rings (SSSR count). The molecule has 3 atom stereocenters. The quantitative estimate of drug-likeness (QED) is 0.778. The smallest absolute Gasteiger partial charge is 0.179 e. The molecule has 2 fully saturated rings. The number of aromatic nitrogens is 5. The fourth-order valence-corrected chi connectivity index (χ4v) is 4.67. The lowest BCUT2D eigenvalue weighted by atomic mass is 9.93. The van der Waals surface area contributed by atoms with Gasteiger partial charge in [-0.05, 0) is 37.7 Å². The van der Waals surface area contributed by atoms with E-state index in [4.69, 9.17) is 9.47 Å². The van der Waals surface area contributed by atoms with Crippen molar-refractivity contribution in [1.82, 2.24) is 24.6 Å². The number of ether oxygens (including phenoxy) is 2. The van der Waals surface area contributed by atoms with Crippen LogP contribution in [0.3, 0.4) is 0 Å². The van der Waals surface area contributed by atoms with Crippen LogP contribution in [0.25, 0.3) is 16.8 Å². The van der Waals surface area contributed by atoms with Crippen molar-refractivity contribution in [3.05, 3.63) is 24.3 Å². The highest BCUT2D eigenvalue weighted by molar-refractivity contribution is 5.74. The van der Waals surface area contributed by atoms with Gasteiger partial charge in [0.05, 0.1) is 23.9 Å². The van der Waals surface area contributed by atoms with Crippen molar-refractivity contribution in [2.45, 2.75) is 57.2 Å². The third-order valence-electron chi connectivity index (χ3n) is 6.03. The van der Waals surface area contributed by atoms with Gasteiger partial charge in [0.15, 0.2) is 11.3 Å². The van der Waals surface area contributed by atoms with Crippen LogP contribution >= 0.6 is 0 Å². The Balaban J connectivity index is 1.45. The van der Waals surface area contributed by atoms with Crippen LogP contribution in [0.5, 0.6) is 0 Å². The van der Waals surface area contributed by atoms with Gasteiger partial charge in [-0.1, -0.05) is 13.3 Å². The Bertz CT molecular complexity index is 898. The zero-order valence-corrected chi connectivity index (χ0v) is 15.1. The second-order valence-electron chi connectivity index (χ2n) is 7.54. The van der Waals surface area contributed by atoms with Crippen molar-refractivity contribution >= 4 is 16.8 Å². The molecule has 1 saturated carbocycles. The molecule has 0 bridgehead atoms. The molecule has 1 N–H and O–H groups in total. The van der Waals surface area contributed by atoms with Crippen molar-refractivity contribution in [2.24, 2.45) is 5.92 Å².